The van der Waals surface area contributed by atoms with E-state index >= 15 is 0 Å². The maximum atomic E-state index is 6.06. The highest BCUT2D eigenvalue weighted by atomic mass is 16.5. The van der Waals surface area contributed by atoms with E-state index in [2.05, 4.69) is 79.7 Å². The number of aryl methyl sites for hydroxylation is 2. The largest absolute Gasteiger partial charge is 0.496 e. The number of ether oxygens (including phenoxy) is 2. The topological polar surface area (TPSA) is 18.5 Å². The fourth-order valence-corrected chi connectivity index (χ4v) is 4.87. The third kappa shape index (κ3) is 5.31. The predicted molar refractivity (Wildman–Crippen MR) is 143 cm³/mol. The Morgan fingerprint density at radius 1 is 0.576 bits per heavy atom. The second-order valence-electron chi connectivity index (χ2n) is 11.7. The molecule has 0 atom stereocenters. The summed E-state index contributed by atoms with van der Waals surface area (Å²) in [5.41, 5.74) is 10.5. The molecule has 0 unspecified atom stereocenters. The van der Waals surface area contributed by atoms with Crippen LogP contribution in [0, 0.1) is 0 Å². The van der Waals surface area contributed by atoms with Crippen LogP contribution in [-0.4, -0.2) is 14.2 Å². The first-order valence-corrected chi connectivity index (χ1v) is 12.5. The Morgan fingerprint density at radius 3 is 1.24 bits per heavy atom. The summed E-state index contributed by atoms with van der Waals surface area (Å²) >= 11 is 0. The molecule has 0 saturated carbocycles. The normalized spacial score (nSPS) is 17.6. The highest BCUT2D eigenvalue weighted by molar-refractivity contribution is 5.93. The first kappa shape index (κ1) is 25.4. The number of hydrogen-bond acceptors (Lipinski definition) is 2. The van der Waals surface area contributed by atoms with Crippen molar-refractivity contribution in [2.45, 2.75) is 98.3 Å². The minimum absolute atomic E-state index is 0.0783. The van der Waals surface area contributed by atoms with Gasteiger partial charge in [-0.1, -0.05) is 60.1 Å². The molecule has 2 heteroatoms. The van der Waals surface area contributed by atoms with E-state index in [-0.39, 0.29) is 10.8 Å². The van der Waals surface area contributed by atoms with Crippen molar-refractivity contribution >= 4 is 11.1 Å². The van der Waals surface area contributed by atoms with Crippen molar-refractivity contribution in [3.63, 3.8) is 0 Å². The van der Waals surface area contributed by atoms with Gasteiger partial charge in [-0.05, 0) is 95.9 Å². The molecule has 0 saturated heterocycles. The van der Waals surface area contributed by atoms with Gasteiger partial charge in [0.2, 0.25) is 0 Å². The van der Waals surface area contributed by atoms with Gasteiger partial charge in [0, 0.05) is 11.1 Å². The highest BCUT2D eigenvalue weighted by Crippen LogP contribution is 2.43. The summed E-state index contributed by atoms with van der Waals surface area (Å²) in [5.74, 6) is 2.07. The summed E-state index contributed by atoms with van der Waals surface area (Å²) in [5, 5.41) is 0. The average molecular weight is 449 g/mol. The van der Waals surface area contributed by atoms with Crippen LogP contribution in [0.5, 0.6) is 11.5 Å². The molecule has 0 spiro atoms. The van der Waals surface area contributed by atoms with E-state index in [1.165, 1.54) is 63.8 Å². The minimum Gasteiger partial charge on any atom is -0.496 e. The molecule has 0 fully saturated rings. The molecule has 3 rings (SSSR count). The van der Waals surface area contributed by atoms with Crippen LogP contribution < -0.4 is 9.47 Å². The van der Waals surface area contributed by atoms with Crippen molar-refractivity contribution in [3.8, 4) is 11.5 Å². The molecule has 0 aromatic heterocycles. The van der Waals surface area contributed by atoms with E-state index < -0.39 is 0 Å². The molecule has 4 bridgehead atoms. The summed E-state index contributed by atoms with van der Waals surface area (Å²) < 4.78 is 12.1. The molecule has 0 aliphatic heterocycles. The maximum absolute atomic E-state index is 6.06. The summed E-state index contributed by atoms with van der Waals surface area (Å²) in [7, 11) is 3.64. The number of hydrogen-bond donors (Lipinski definition) is 0. The Balaban J connectivity index is 2.40. The molecule has 33 heavy (non-hydrogen) atoms. The smallest absolute Gasteiger partial charge is 0.129 e. The zero-order chi connectivity index (χ0) is 24.6. The molecule has 2 aromatic rings. The monoisotopic (exact) mass is 448 g/mol. The molecular formula is C31H44O2. The average Bonchev–Trinajstić information content (AvgIpc) is 2.74. The standard InChI is InChI=1S/C31H44O2/c1-20-21(2)27-19-25(31(6,7)8)17-23(29(27)33-10)15-13-11-12-14-22-16-24(30(3,4)5)18-26(20)28(22)32-9/h16-19H,11-15H2,1-10H3/b21-20-. The third-order valence-corrected chi connectivity index (χ3v) is 7.23. The Morgan fingerprint density at radius 2 is 0.939 bits per heavy atom. The number of allylic oxidation sites excluding steroid dienone is 2. The first-order valence-electron chi connectivity index (χ1n) is 12.5. The van der Waals surface area contributed by atoms with E-state index in [4.69, 9.17) is 9.47 Å². The minimum atomic E-state index is 0.0783. The second kappa shape index (κ2) is 9.57. The lowest BCUT2D eigenvalue weighted by Crippen LogP contribution is -2.13. The SMILES string of the molecule is COc1c2cc(C(C)(C)C)cc1/C(C)=C(/C)c1cc(C(C)(C)C)cc(c1OC)CCCCC2. The predicted octanol–water partition coefficient (Wildman–Crippen LogP) is 8.52. The van der Waals surface area contributed by atoms with Gasteiger partial charge in [-0.2, -0.15) is 0 Å². The molecule has 180 valence electrons. The van der Waals surface area contributed by atoms with Gasteiger partial charge in [0.15, 0.2) is 0 Å². The van der Waals surface area contributed by atoms with Crippen LogP contribution in [0.25, 0.3) is 11.1 Å². The molecular weight excluding hydrogens is 404 g/mol. The van der Waals surface area contributed by atoms with Gasteiger partial charge in [-0.3, -0.25) is 0 Å². The van der Waals surface area contributed by atoms with E-state index in [0.29, 0.717) is 0 Å². The van der Waals surface area contributed by atoms with Crippen molar-refractivity contribution in [1.82, 2.24) is 0 Å². The Hall–Kier alpha value is -2.22. The van der Waals surface area contributed by atoms with Crippen molar-refractivity contribution < 1.29 is 9.47 Å². The van der Waals surface area contributed by atoms with Gasteiger partial charge < -0.3 is 9.47 Å². The van der Waals surface area contributed by atoms with Gasteiger partial charge in [0.1, 0.15) is 11.5 Å². The number of fused-ring (bicyclic) bond motifs is 4. The number of rotatable bonds is 2. The Kier molecular flexibility index (Phi) is 7.36. The zero-order valence-corrected chi connectivity index (χ0v) is 22.7. The summed E-state index contributed by atoms with van der Waals surface area (Å²) in [6, 6.07) is 9.45. The van der Waals surface area contributed by atoms with Crippen LogP contribution in [0.1, 0.15) is 108 Å². The molecule has 0 heterocycles. The number of benzene rings is 2. The second-order valence-corrected chi connectivity index (χ2v) is 11.7. The van der Waals surface area contributed by atoms with E-state index in [0.717, 1.165) is 24.3 Å². The molecule has 2 nitrogen and oxygen atoms in total. The van der Waals surface area contributed by atoms with E-state index in [1.54, 1.807) is 0 Å². The molecule has 0 amide bonds. The Bertz CT molecular complexity index is 959. The third-order valence-electron chi connectivity index (χ3n) is 7.23. The number of methoxy groups -OCH3 is 2. The van der Waals surface area contributed by atoms with Gasteiger partial charge >= 0.3 is 0 Å². The molecule has 0 radical (unpaired) electrons. The van der Waals surface area contributed by atoms with Crippen molar-refractivity contribution in [2.75, 3.05) is 14.2 Å². The summed E-state index contributed by atoms with van der Waals surface area (Å²) in [6.45, 7) is 18.3. The van der Waals surface area contributed by atoms with E-state index in [9.17, 15) is 0 Å². The van der Waals surface area contributed by atoms with Crippen LogP contribution in [0.4, 0.5) is 0 Å². The lowest BCUT2D eigenvalue weighted by Gasteiger charge is -2.26. The van der Waals surface area contributed by atoms with Gasteiger partial charge in [0.05, 0.1) is 14.2 Å². The van der Waals surface area contributed by atoms with Crippen molar-refractivity contribution in [1.29, 1.82) is 0 Å². The lowest BCUT2D eigenvalue weighted by atomic mass is 9.81. The lowest BCUT2D eigenvalue weighted by molar-refractivity contribution is 0.406. The van der Waals surface area contributed by atoms with Crippen molar-refractivity contribution in [3.05, 3.63) is 57.6 Å². The fourth-order valence-electron chi connectivity index (χ4n) is 4.87. The Labute approximate surface area is 202 Å². The van der Waals surface area contributed by atoms with Crippen LogP contribution >= 0.6 is 0 Å². The first-order chi connectivity index (χ1) is 15.4. The maximum Gasteiger partial charge on any atom is 0.129 e. The van der Waals surface area contributed by atoms with Gasteiger partial charge in [0.25, 0.3) is 0 Å². The van der Waals surface area contributed by atoms with Crippen LogP contribution in [0.3, 0.4) is 0 Å². The van der Waals surface area contributed by atoms with Crippen LogP contribution in [0.15, 0.2) is 24.3 Å². The molecule has 0 N–H and O–H groups in total. The molecule has 1 aliphatic rings. The highest BCUT2D eigenvalue weighted by Gasteiger charge is 2.24. The summed E-state index contributed by atoms with van der Waals surface area (Å²) in [6.07, 6.45) is 5.63. The zero-order valence-electron chi connectivity index (χ0n) is 22.7. The summed E-state index contributed by atoms with van der Waals surface area (Å²) in [4.78, 5) is 0. The van der Waals surface area contributed by atoms with Crippen LogP contribution in [-0.2, 0) is 23.7 Å². The van der Waals surface area contributed by atoms with Crippen LogP contribution in [0.2, 0.25) is 0 Å². The molecule has 2 aromatic carbocycles. The quantitative estimate of drug-likeness (QED) is 0.458. The van der Waals surface area contributed by atoms with Gasteiger partial charge in [-0.25, -0.2) is 0 Å². The van der Waals surface area contributed by atoms with Gasteiger partial charge in [-0.15, -0.1) is 0 Å². The fraction of sp³-hybridized carbons (Fsp3) is 0.548. The van der Waals surface area contributed by atoms with Crippen molar-refractivity contribution in [2.24, 2.45) is 0 Å². The van der Waals surface area contributed by atoms with E-state index in [1.807, 2.05) is 14.2 Å². The molecule has 1 aliphatic carbocycles.